The van der Waals surface area contributed by atoms with Crippen LogP contribution >= 0.6 is 0 Å². The number of rotatable bonds is 6. The van der Waals surface area contributed by atoms with Crippen LogP contribution in [0.2, 0.25) is 0 Å². The molecule has 9 nitrogen and oxygen atoms in total. The van der Waals surface area contributed by atoms with Gasteiger partial charge in [0, 0.05) is 49.8 Å². The molecule has 0 atom stereocenters. The number of nitrogens with zero attached hydrogens (tertiary/aromatic N) is 4. The fourth-order valence-corrected chi connectivity index (χ4v) is 2.22. The monoisotopic (exact) mass is 380 g/mol. The van der Waals surface area contributed by atoms with Crippen LogP contribution in [0.5, 0.6) is 0 Å². The van der Waals surface area contributed by atoms with Crippen LogP contribution in [0.1, 0.15) is 15.9 Å². The van der Waals surface area contributed by atoms with E-state index in [0.29, 0.717) is 30.2 Å². The van der Waals surface area contributed by atoms with E-state index in [1.54, 1.807) is 18.6 Å². The van der Waals surface area contributed by atoms with Crippen molar-refractivity contribution in [2.45, 2.75) is 6.92 Å². The Kier molecular flexibility index (Phi) is 8.00. The van der Waals surface area contributed by atoms with Crippen molar-refractivity contribution in [1.29, 1.82) is 0 Å². The van der Waals surface area contributed by atoms with Crippen LogP contribution in [0.25, 0.3) is 11.5 Å². The number of hydrogen-bond acceptors (Lipinski definition) is 7. The zero-order valence-corrected chi connectivity index (χ0v) is 15.2. The lowest BCUT2D eigenvalue weighted by Gasteiger charge is -2.09. The molecule has 0 fully saturated rings. The van der Waals surface area contributed by atoms with E-state index >= 15 is 0 Å². The van der Waals surface area contributed by atoms with Crippen LogP contribution in [0, 0.1) is 6.92 Å². The number of carbonyl (C=O) groups is 2. The Hall–Kier alpha value is -3.88. The van der Waals surface area contributed by atoms with Crippen molar-refractivity contribution in [3.8, 4) is 11.5 Å². The van der Waals surface area contributed by atoms with Crippen molar-refractivity contribution in [1.82, 2.24) is 25.3 Å². The molecule has 0 aliphatic heterocycles. The summed E-state index contributed by atoms with van der Waals surface area (Å²) >= 11 is 0. The second kappa shape index (κ2) is 11.0. The number of carbonyl (C=O) groups excluding carboxylic acids is 1. The smallest absolute Gasteiger partial charge is 0.290 e. The number of amides is 1. The number of pyridine rings is 2. The molecule has 3 rings (SSSR count). The molecule has 0 unspecified atom stereocenters. The normalized spacial score (nSPS) is 9.61. The molecule has 1 amide bonds. The van der Waals surface area contributed by atoms with Gasteiger partial charge in [-0.05, 0) is 30.7 Å². The van der Waals surface area contributed by atoms with Gasteiger partial charge in [0.05, 0.1) is 5.56 Å². The summed E-state index contributed by atoms with van der Waals surface area (Å²) in [4.78, 5) is 37.1. The van der Waals surface area contributed by atoms with E-state index in [-0.39, 0.29) is 12.4 Å². The molecule has 0 saturated carbocycles. The second-order valence-corrected chi connectivity index (χ2v) is 5.49. The van der Waals surface area contributed by atoms with Crippen molar-refractivity contribution in [3.63, 3.8) is 0 Å². The lowest BCUT2D eigenvalue weighted by atomic mass is 10.2. The van der Waals surface area contributed by atoms with Gasteiger partial charge in [-0.1, -0.05) is 6.07 Å². The maximum absolute atomic E-state index is 12.1. The molecule has 3 heterocycles. The lowest BCUT2D eigenvalue weighted by Crippen LogP contribution is -2.29. The molecule has 3 N–H and O–H groups in total. The molecule has 0 aliphatic rings. The Morgan fingerprint density at radius 1 is 1.07 bits per heavy atom. The van der Waals surface area contributed by atoms with Crippen LogP contribution in [-0.4, -0.2) is 50.5 Å². The third kappa shape index (κ3) is 6.13. The van der Waals surface area contributed by atoms with E-state index in [9.17, 15) is 4.79 Å². The van der Waals surface area contributed by atoms with Gasteiger partial charge in [0.1, 0.15) is 5.69 Å². The van der Waals surface area contributed by atoms with Crippen LogP contribution in [0.3, 0.4) is 0 Å². The summed E-state index contributed by atoms with van der Waals surface area (Å²) in [5.74, 6) is 0.285. The molecule has 3 aromatic heterocycles. The largest absolute Gasteiger partial charge is 0.483 e. The van der Waals surface area contributed by atoms with E-state index in [1.807, 2.05) is 31.2 Å². The van der Waals surface area contributed by atoms with Gasteiger partial charge < -0.3 is 15.7 Å². The topological polar surface area (TPSA) is 130 Å². The summed E-state index contributed by atoms with van der Waals surface area (Å²) in [7, 11) is 0. The molecule has 3 aromatic rings. The van der Waals surface area contributed by atoms with Crippen molar-refractivity contribution in [3.05, 3.63) is 66.4 Å². The van der Waals surface area contributed by atoms with E-state index in [1.165, 1.54) is 12.4 Å². The van der Waals surface area contributed by atoms with Gasteiger partial charge in [-0.15, -0.1) is 0 Å². The van der Waals surface area contributed by atoms with Gasteiger partial charge in [0.15, 0.2) is 5.82 Å². The second-order valence-electron chi connectivity index (χ2n) is 5.49. The molecule has 0 saturated heterocycles. The average Bonchev–Trinajstić information content (AvgIpc) is 2.73. The lowest BCUT2D eigenvalue weighted by molar-refractivity contribution is -0.122. The minimum atomic E-state index is -0.250. The highest BCUT2D eigenvalue weighted by Gasteiger charge is 2.08. The van der Waals surface area contributed by atoms with E-state index in [2.05, 4.69) is 30.6 Å². The third-order valence-electron chi connectivity index (χ3n) is 3.55. The quantitative estimate of drug-likeness (QED) is 0.436. The van der Waals surface area contributed by atoms with Crippen molar-refractivity contribution in [2.75, 3.05) is 18.4 Å². The van der Waals surface area contributed by atoms with Gasteiger partial charge in [-0.2, -0.15) is 0 Å². The fourth-order valence-electron chi connectivity index (χ4n) is 2.22. The number of carboxylic acid groups (broad SMARTS) is 1. The highest BCUT2D eigenvalue weighted by molar-refractivity contribution is 5.93. The number of aromatic nitrogens is 4. The number of anilines is 1. The van der Waals surface area contributed by atoms with Gasteiger partial charge in [0.25, 0.3) is 12.4 Å². The maximum Gasteiger partial charge on any atom is 0.290 e. The SMILES string of the molecule is Cc1cnccc1NCCNC(=O)c1cnc(-c2ccccn2)nc1.O=CO. The average molecular weight is 380 g/mol. The number of hydrogen-bond donors (Lipinski definition) is 3. The van der Waals surface area contributed by atoms with E-state index < -0.39 is 0 Å². The van der Waals surface area contributed by atoms with Crippen LogP contribution in [0.15, 0.2) is 55.2 Å². The molecule has 0 aromatic carbocycles. The molecule has 28 heavy (non-hydrogen) atoms. The molecule has 0 radical (unpaired) electrons. The number of nitrogens with one attached hydrogen (secondary N) is 2. The van der Waals surface area contributed by atoms with Crippen molar-refractivity contribution < 1.29 is 14.7 Å². The molecule has 0 spiro atoms. The maximum atomic E-state index is 12.1. The Morgan fingerprint density at radius 3 is 2.46 bits per heavy atom. The minimum Gasteiger partial charge on any atom is -0.483 e. The molecular formula is C19H20N6O3. The van der Waals surface area contributed by atoms with Crippen LogP contribution in [0.4, 0.5) is 5.69 Å². The van der Waals surface area contributed by atoms with Gasteiger partial charge in [0.2, 0.25) is 0 Å². The number of aryl methyl sites for hydroxylation is 1. The zero-order valence-electron chi connectivity index (χ0n) is 15.2. The Balaban J connectivity index is 0.000000878. The predicted octanol–water partition coefficient (Wildman–Crippen LogP) is 1.78. The first-order valence-corrected chi connectivity index (χ1v) is 8.39. The molecule has 0 aliphatic carbocycles. The predicted molar refractivity (Wildman–Crippen MR) is 104 cm³/mol. The third-order valence-corrected chi connectivity index (χ3v) is 3.55. The summed E-state index contributed by atoms with van der Waals surface area (Å²) < 4.78 is 0. The standard InChI is InChI=1S/C18H18N6O.CH2O2/c1-13-10-19-7-5-15(13)21-8-9-22-18(25)14-11-23-17(24-12-14)16-4-2-3-6-20-16;2-1-3/h2-7,10-12H,8-9H2,1H3,(H,19,21)(H,22,25);1H,(H,2,3). The van der Waals surface area contributed by atoms with Crippen LogP contribution < -0.4 is 10.6 Å². The summed E-state index contributed by atoms with van der Waals surface area (Å²) in [5.41, 5.74) is 3.16. The fraction of sp³-hybridized carbons (Fsp3) is 0.158. The molecule has 9 heteroatoms. The first-order chi connectivity index (χ1) is 13.7. The summed E-state index contributed by atoms with van der Waals surface area (Å²) in [5, 5.41) is 13.0. The van der Waals surface area contributed by atoms with E-state index in [4.69, 9.17) is 9.90 Å². The Morgan fingerprint density at radius 2 is 1.82 bits per heavy atom. The first kappa shape index (κ1) is 20.4. The summed E-state index contributed by atoms with van der Waals surface area (Å²) in [6.45, 7) is 2.83. The zero-order chi connectivity index (χ0) is 20.2. The summed E-state index contributed by atoms with van der Waals surface area (Å²) in [6.07, 6.45) is 8.21. The van der Waals surface area contributed by atoms with Gasteiger partial charge in [-0.3, -0.25) is 19.6 Å². The first-order valence-electron chi connectivity index (χ1n) is 8.39. The van der Waals surface area contributed by atoms with Gasteiger partial charge in [-0.25, -0.2) is 9.97 Å². The van der Waals surface area contributed by atoms with Crippen molar-refractivity contribution in [2.24, 2.45) is 0 Å². The highest BCUT2D eigenvalue weighted by Crippen LogP contribution is 2.11. The highest BCUT2D eigenvalue weighted by atomic mass is 16.3. The molecule has 144 valence electrons. The minimum absolute atomic E-state index is 0.208. The Bertz CT molecular complexity index is 888. The Labute approximate surface area is 161 Å². The van der Waals surface area contributed by atoms with Crippen LogP contribution in [-0.2, 0) is 4.79 Å². The molecular weight excluding hydrogens is 360 g/mol. The van der Waals surface area contributed by atoms with E-state index in [0.717, 1.165) is 11.3 Å². The summed E-state index contributed by atoms with van der Waals surface area (Å²) in [6, 6.07) is 7.42. The van der Waals surface area contributed by atoms with Crippen molar-refractivity contribution >= 4 is 18.1 Å². The molecule has 0 bridgehead atoms. The van der Waals surface area contributed by atoms with Gasteiger partial charge >= 0.3 is 0 Å².